The number of morpholine rings is 1. The number of ether oxygens (including phenoxy) is 1. The molecule has 1 aliphatic rings. The zero-order chi connectivity index (χ0) is 12.9. The third-order valence-electron chi connectivity index (χ3n) is 2.86. The zero-order valence-electron chi connectivity index (χ0n) is 11.0. The van der Waals surface area contributed by atoms with E-state index in [0.29, 0.717) is 32.3 Å². The second-order valence-electron chi connectivity index (χ2n) is 4.68. The summed E-state index contributed by atoms with van der Waals surface area (Å²) in [4.78, 5) is 0. The number of nitrogens with one attached hydrogen (secondary N) is 1. The van der Waals surface area contributed by atoms with Crippen molar-refractivity contribution in [2.45, 2.75) is 39.3 Å². The van der Waals surface area contributed by atoms with Gasteiger partial charge in [0, 0.05) is 25.7 Å². The van der Waals surface area contributed by atoms with E-state index in [1.807, 2.05) is 20.8 Å². The third kappa shape index (κ3) is 4.91. The molecule has 1 aliphatic heterocycles. The second kappa shape index (κ2) is 6.68. The zero-order valence-corrected chi connectivity index (χ0v) is 11.8. The molecule has 5 nitrogen and oxygen atoms in total. The molecule has 0 aromatic rings. The maximum atomic E-state index is 12.1. The lowest BCUT2D eigenvalue weighted by Crippen LogP contribution is -2.47. The van der Waals surface area contributed by atoms with Crippen LogP contribution in [-0.2, 0) is 14.8 Å². The van der Waals surface area contributed by atoms with E-state index in [1.165, 1.54) is 0 Å². The van der Waals surface area contributed by atoms with Gasteiger partial charge in [0.05, 0.1) is 18.5 Å². The maximum absolute atomic E-state index is 12.1. The normalized spacial score (nSPS) is 23.2. The van der Waals surface area contributed by atoms with Gasteiger partial charge in [-0.3, -0.25) is 0 Å². The Morgan fingerprint density at radius 2 is 2.18 bits per heavy atom. The van der Waals surface area contributed by atoms with E-state index in [1.54, 1.807) is 4.31 Å². The summed E-state index contributed by atoms with van der Waals surface area (Å²) in [5, 5.41) is 3.13. The van der Waals surface area contributed by atoms with E-state index in [0.717, 1.165) is 6.42 Å². The number of hydrogen-bond donors (Lipinski definition) is 1. The van der Waals surface area contributed by atoms with Crippen molar-refractivity contribution in [1.82, 2.24) is 9.62 Å². The first-order valence-corrected chi connectivity index (χ1v) is 7.89. The minimum atomic E-state index is -3.13. The van der Waals surface area contributed by atoms with E-state index in [-0.39, 0.29) is 11.9 Å². The predicted molar refractivity (Wildman–Crippen MR) is 68.5 cm³/mol. The van der Waals surface area contributed by atoms with Gasteiger partial charge < -0.3 is 10.1 Å². The molecule has 0 amide bonds. The van der Waals surface area contributed by atoms with Gasteiger partial charge in [-0.15, -0.1) is 0 Å². The average Bonchev–Trinajstić information content (AvgIpc) is 2.28. The highest BCUT2D eigenvalue weighted by Gasteiger charge is 2.28. The molecule has 0 bridgehead atoms. The first-order chi connectivity index (χ1) is 7.95. The summed E-state index contributed by atoms with van der Waals surface area (Å²) in [5.74, 6) is 0.168. The van der Waals surface area contributed by atoms with Gasteiger partial charge in [0.25, 0.3) is 0 Å². The van der Waals surface area contributed by atoms with Crippen LogP contribution in [0.3, 0.4) is 0 Å². The molecule has 0 spiro atoms. The highest BCUT2D eigenvalue weighted by atomic mass is 32.2. The first-order valence-electron chi connectivity index (χ1n) is 6.28. The molecule has 1 unspecified atom stereocenters. The number of sulfonamides is 1. The van der Waals surface area contributed by atoms with Crippen LogP contribution in [0.1, 0.15) is 27.2 Å². The van der Waals surface area contributed by atoms with E-state index in [4.69, 9.17) is 4.74 Å². The molecule has 0 saturated carbocycles. The van der Waals surface area contributed by atoms with E-state index >= 15 is 0 Å². The summed E-state index contributed by atoms with van der Waals surface area (Å²) < 4.78 is 31.2. The molecule has 6 heteroatoms. The summed E-state index contributed by atoms with van der Waals surface area (Å²) in [6.07, 6.45) is 0.910. The Labute approximate surface area is 105 Å². The molecule has 0 aromatic carbocycles. The molecule has 0 aliphatic carbocycles. The van der Waals surface area contributed by atoms with Crippen LogP contribution in [0.15, 0.2) is 0 Å². The molecule has 0 aromatic heterocycles. The van der Waals surface area contributed by atoms with Gasteiger partial charge >= 0.3 is 0 Å². The number of nitrogens with zero attached hydrogens (tertiary/aromatic N) is 1. The Bertz CT molecular complexity index is 317. The third-order valence-corrected chi connectivity index (χ3v) is 4.70. The van der Waals surface area contributed by atoms with Gasteiger partial charge in [-0.1, -0.05) is 20.8 Å². The number of rotatable bonds is 6. The fraction of sp³-hybridized carbons (Fsp3) is 1.00. The summed E-state index contributed by atoms with van der Waals surface area (Å²) in [6, 6.07) is 0.318. The average molecular weight is 264 g/mol. The molecule has 102 valence electrons. The van der Waals surface area contributed by atoms with Gasteiger partial charge in [-0.05, 0) is 6.42 Å². The molecular formula is C11H24N2O3S. The van der Waals surface area contributed by atoms with Crippen LogP contribution in [0.5, 0.6) is 0 Å². The van der Waals surface area contributed by atoms with Crippen molar-refractivity contribution in [3.8, 4) is 0 Å². The van der Waals surface area contributed by atoms with Crippen molar-refractivity contribution in [3.05, 3.63) is 0 Å². The molecule has 1 fully saturated rings. The Kier molecular flexibility index (Phi) is 5.85. The lowest BCUT2D eigenvalue weighted by molar-refractivity contribution is -0.00275. The van der Waals surface area contributed by atoms with Crippen LogP contribution in [-0.4, -0.2) is 56.9 Å². The lowest BCUT2D eigenvalue weighted by atomic mass is 10.2. The predicted octanol–water partition coefficient (Wildman–Crippen LogP) is 0.425. The monoisotopic (exact) mass is 264 g/mol. The van der Waals surface area contributed by atoms with Crippen LogP contribution < -0.4 is 5.32 Å². The van der Waals surface area contributed by atoms with E-state index < -0.39 is 10.0 Å². The first kappa shape index (κ1) is 14.9. The van der Waals surface area contributed by atoms with Gasteiger partial charge in [0.2, 0.25) is 10.0 Å². The summed E-state index contributed by atoms with van der Waals surface area (Å²) in [6.45, 7) is 8.04. The van der Waals surface area contributed by atoms with Crippen LogP contribution in [0, 0.1) is 0 Å². The SMILES string of the molecule is CCC1CN(S(=O)(=O)CCNC(C)C)CCO1. The summed E-state index contributed by atoms with van der Waals surface area (Å²) in [7, 11) is -3.13. The van der Waals surface area contributed by atoms with E-state index in [9.17, 15) is 8.42 Å². The van der Waals surface area contributed by atoms with Gasteiger partial charge in [0.1, 0.15) is 0 Å². The van der Waals surface area contributed by atoms with Gasteiger partial charge in [-0.25, -0.2) is 8.42 Å². The van der Waals surface area contributed by atoms with Crippen molar-refractivity contribution in [2.24, 2.45) is 0 Å². The highest BCUT2D eigenvalue weighted by Crippen LogP contribution is 2.12. The molecule has 1 rings (SSSR count). The number of hydrogen-bond acceptors (Lipinski definition) is 4. The summed E-state index contributed by atoms with van der Waals surface area (Å²) >= 11 is 0. The Morgan fingerprint density at radius 3 is 2.76 bits per heavy atom. The fourth-order valence-electron chi connectivity index (χ4n) is 1.80. The van der Waals surface area contributed by atoms with Crippen molar-refractivity contribution >= 4 is 10.0 Å². The molecule has 1 N–H and O–H groups in total. The van der Waals surface area contributed by atoms with Crippen LogP contribution >= 0.6 is 0 Å². The standard InChI is InChI=1S/C11H24N2O3S/c1-4-11-9-13(6-7-16-11)17(14,15)8-5-12-10(2)3/h10-12H,4-9H2,1-3H3. The molecule has 1 saturated heterocycles. The maximum Gasteiger partial charge on any atom is 0.215 e. The van der Waals surface area contributed by atoms with Crippen LogP contribution in [0.2, 0.25) is 0 Å². The van der Waals surface area contributed by atoms with Gasteiger partial charge in [-0.2, -0.15) is 4.31 Å². The van der Waals surface area contributed by atoms with Crippen LogP contribution in [0.25, 0.3) is 0 Å². The van der Waals surface area contributed by atoms with Crippen molar-refractivity contribution in [1.29, 1.82) is 0 Å². The minimum absolute atomic E-state index is 0.0524. The second-order valence-corrected chi connectivity index (χ2v) is 6.77. The molecular weight excluding hydrogens is 240 g/mol. The Balaban J connectivity index is 2.46. The highest BCUT2D eigenvalue weighted by molar-refractivity contribution is 7.89. The Morgan fingerprint density at radius 1 is 1.47 bits per heavy atom. The van der Waals surface area contributed by atoms with Crippen molar-refractivity contribution < 1.29 is 13.2 Å². The quantitative estimate of drug-likeness (QED) is 0.755. The largest absolute Gasteiger partial charge is 0.375 e. The van der Waals surface area contributed by atoms with Crippen molar-refractivity contribution in [2.75, 3.05) is 32.0 Å². The van der Waals surface area contributed by atoms with Crippen molar-refractivity contribution in [3.63, 3.8) is 0 Å². The topological polar surface area (TPSA) is 58.6 Å². The minimum Gasteiger partial charge on any atom is -0.375 e. The lowest BCUT2D eigenvalue weighted by Gasteiger charge is -2.31. The molecule has 1 heterocycles. The Hall–Kier alpha value is -0.170. The smallest absolute Gasteiger partial charge is 0.215 e. The molecule has 17 heavy (non-hydrogen) atoms. The van der Waals surface area contributed by atoms with Gasteiger partial charge in [0.15, 0.2) is 0 Å². The van der Waals surface area contributed by atoms with E-state index in [2.05, 4.69) is 5.32 Å². The fourth-order valence-corrected chi connectivity index (χ4v) is 3.18. The summed E-state index contributed by atoms with van der Waals surface area (Å²) in [5.41, 5.74) is 0. The van der Waals surface area contributed by atoms with Crippen LogP contribution in [0.4, 0.5) is 0 Å². The molecule has 0 radical (unpaired) electrons. The molecule has 1 atom stereocenters.